The molecule has 2 atom stereocenters. The molecule has 1 nitrogen and oxygen atoms in total. The third-order valence-electron chi connectivity index (χ3n) is 3.75. The lowest BCUT2D eigenvalue weighted by atomic mass is 9.89. The summed E-state index contributed by atoms with van der Waals surface area (Å²) in [6.07, 6.45) is 6.48. The quantitative estimate of drug-likeness (QED) is 0.567. The van der Waals surface area contributed by atoms with E-state index in [0.717, 1.165) is 14.9 Å². The van der Waals surface area contributed by atoms with E-state index in [1.165, 1.54) is 37.7 Å². The first kappa shape index (κ1) is 17.2. The fraction of sp³-hybridized carbons (Fsp3) is 0.625. The highest BCUT2D eigenvalue weighted by Crippen LogP contribution is 2.30. The van der Waals surface area contributed by atoms with Crippen molar-refractivity contribution < 1.29 is 0 Å². The minimum Gasteiger partial charge on any atom is -0.313 e. The van der Waals surface area contributed by atoms with Gasteiger partial charge in [-0.3, -0.25) is 0 Å². The third-order valence-corrected chi connectivity index (χ3v) is 4.66. The van der Waals surface area contributed by atoms with Gasteiger partial charge >= 0.3 is 0 Å². The lowest BCUT2D eigenvalue weighted by Gasteiger charge is -2.23. The molecule has 1 N–H and O–H groups in total. The van der Waals surface area contributed by atoms with Gasteiger partial charge in [-0.15, -0.1) is 0 Å². The molecule has 1 aromatic carbocycles. The van der Waals surface area contributed by atoms with Gasteiger partial charge in [-0.1, -0.05) is 71.4 Å². The first-order valence-corrected chi connectivity index (χ1v) is 8.82. The van der Waals surface area contributed by atoms with Crippen molar-refractivity contribution in [3.8, 4) is 0 Å². The van der Waals surface area contributed by atoms with Crippen molar-refractivity contribution in [1.29, 1.82) is 0 Å². The topological polar surface area (TPSA) is 12.0 Å². The zero-order chi connectivity index (χ0) is 14.3. The summed E-state index contributed by atoms with van der Waals surface area (Å²) in [6.45, 7) is 4.58. The third kappa shape index (κ3) is 5.97. The molecule has 108 valence electrons. The highest BCUT2D eigenvalue weighted by atomic mass is 79.9. The predicted molar refractivity (Wildman–Crippen MR) is 91.6 cm³/mol. The number of hydrogen-bond donors (Lipinski definition) is 1. The van der Waals surface area contributed by atoms with Gasteiger partial charge in [0.2, 0.25) is 0 Å². The Balaban J connectivity index is 2.75. The van der Waals surface area contributed by atoms with Crippen LogP contribution in [0.15, 0.2) is 27.1 Å². The van der Waals surface area contributed by atoms with Crippen LogP contribution in [-0.2, 0) is 0 Å². The number of unbranched alkanes of at least 4 members (excludes halogenated alkanes) is 1. The molecule has 3 heteroatoms. The summed E-state index contributed by atoms with van der Waals surface area (Å²) in [5.41, 5.74) is 1.36. The Hall–Kier alpha value is 0.140. The summed E-state index contributed by atoms with van der Waals surface area (Å²) < 4.78 is 2.28. The summed E-state index contributed by atoms with van der Waals surface area (Å²) in [6, 6.07) is 6.97. The summed E-state index contributed by atoms with van der Waals surface area (Å²) in [5, 5.41) is 3.47. The first-order valence-electron chi connectivity index (χ1n) is 7.23. The van der Waals surface area contributed by atoms with Crippen molar-refractivity contribution in [2.45, 2.75) is 52.0 Å². The van der Waals surface area contributed by atoms with E-state index < -0.39 is 0 Å². The summed E-state index contributed by atoms with van der Waals surface area (Å²) >= 11 is 7.16. The van der Waals surface area contributed by atoms with Crippen LogP contribution in [0.3, 0.4) is 0 Å². The number of nitrogens with one attached hydrogen (secondary N) is 1. The normalized spacial score (nSPS) is 14.4. The molecular formula is C16H25Br2N. The fourth-order valence-electron chi connectivity index (χ4n) is 2.51. The van der Waals surface area contributed by atoms with Gasteiger partial charge in [0.05, 0.1) is 0 Å². The van der Waals surface area contributed by atoms with E-state index in [9.17, 15) is 0 Å². The second-order valence-corrected chi connectivity index (χ2v) is 7.03. The molecule has 0 saturated carbocycles. The standard InChI is InChI=1S/C16H25Br2N/c1-4-6-7-12(5-2)8-16(19-3)13-9-14(17)11-15(18)10-13/h9-12,16,19H,4-8H2,1-3H3. The number of rotatable bonds is 8. The van der Waals surface area contributed by atoms with Gasteiger partial charge in [0.1, 0.15) is 0 Å². The van der Waals surface area contributed by atoms with Crippen molar-refractivity contribution >= 4 is 31.9 Å². The second kappa shape index (κ2) is 9.15. The molecule has 0 saturated heterocycles. The number of hydrogen-bond acceptors (Lipinski definition) is 1. The molecule has 19 heavy (non-hydrogen) atoms. The van der Waals surface area contributed by atoms with E-state index in [1.54, 1.807) is 0 Å². The Morgan fingerprint density at radius 1 is 1.11 bits per heavy atom. The molecular weight excluding hydrogens is 366 g/mol. The molecule has 0 heterocycles. The maximum atomic E-state index is 3.58. The second-order valence-electron chi connectivity index (χ2n) is 5.20. The molecule has 0 radical (unpaired) electrons. The minimum atomic E-state index is 0.440. The Morgan fingerprint density at radius 3 is 2.21 bits per heavy atom. The van der Waals surface area contributed by atoms with E-state index in [1.807, 2.05) is 0 Å². The van der Waals surface area contributed by atoms with Crippen molar-refractivity contribution in [1.82, 2.24) is 5.32 Å². The summed E-state index contributed by atoms with van der Waals surface area (Å²) in [5.74, 6) is 0.815. The minimum absolute atomic E-state index is 0.440. The van der Waals surface area contributed by atoms with Gasteiger partial charge in [-0.25, -0.2) is 0 Å². The smallest absolute Gasteiger partial charge is 0.0320 e. The van der Waals surface area contributed by atoms with Crippen LogP contribution in [0.2, 0.25) is 0 Å². The van der Waals surface area contributed by atoms with Crippen LogP contribution in [0.25, 0.3) is 0 Å². The molecule has 0 aliphatic carbocycles. The largest absolute Gasteiger partial charge is 0.313 e. The molecule has 0 spiro atoms. The predicted octanol–water partition coefficient (Wildman–Crippen LogP) is 6.08. The van der Waals surface area contributed by atoms with Crippen LogP contribution in [0.5, 0.6) is 0 Å². The fourth-order valence-corrected chi connectivity index (χ4v) is 3.84. The average molecular weight is 391 g/mol. The average Bonchev–Trinajstić information content (AvgIpc) is 2.38. The lowest BCUT2D eigenvalue weighted by molar-refractivity contribution is 0.365. The first-order chi connectivity index (χ1) is 9.10. The van der Waals surface area contributed by atoms with E-state index in [-0.39, 0.29) is 0 Å². The molecule has 0 bridgehead atoms. The van der Waals surface area contributed by atoms with Crippen LogP contribution < -0.4 is 5.32 Å². The SMILES string of the molecule is CCCCC(CC)CC(NC)c1cc(Br)cc(Br)c1. The van der Waals surface area contributed by atoms with E-state index in [4.69, 9.17) is 0 Å². The van der Waals surface area contributed by atoms with Crippen molar-refractivity contribution in [3.05, 3.63) is 32.7 Å². The highest BCUT2D eigenvalue weighted by molar-refractivity contribution is 9.11. The molecule has 0 amide bonds. The Morgan fingerprint density at radius 2 is 1.74 bits per heavy atom. The van der Waals surface area contributed by atoms with Crippen molar-refractivity contribution in [2.75, 3.05) is 7.05 Å². The Labute approximate surface area is 134 Å². The maximum Gasteiger partial charge on any atom is 0.0320 e. The zero-order valence-electron chi connectivity index (χ0n) is 12.2. The molecule has 1 rings (SSSR count). The van der Waals surface area contributed by atoms with Crippen LogP contribution in [0.1, 0.15) is 57.6 Å². The summed E-state index contributed by atoms with van der Waals surface area (Å²) in [7, 11) is 2.06. The number of benzene rings is 1. The summed E-state index contributed by atoms with van der Waals surface area (Å²) in [4.78, 5) is 0. The highest BCUT2D eigenvalue weighted by Gasteiger charge is 2.16. The van der Waals surface area contributed by atoms with E-state index in [2.05, 4.69) is 76.3 Å². The van der Waals surface area contributed by atoms with Crippen molar-refractivity contribution in [2.24, 2.45) is 5.92 Å². The zero-order valence-corrected chi connectivity index (χ0v) is 15.4. The van der Waals surface area contributed by atoms with Crippen LogP contribution in [0, 0.1) is 5.92 Å². The van der Waals surface area contributed by atoms with Gasteiger partial charge < -0.3 is 5.32 Å². The maximum absolute atomic E-state index is 3.58. The molecule has 0 aromatic heterocycles. The van der Waals surface area contributed by atoms with Gasteiger partial charge in [-0.05, 0) is 43.1 Å². The van der Waals surface area contributed by atoms with E-state index in [0.29, 0.717) is 6.04 Å². The van der Waals surface area contributed by atoms with Gasteiger partial charge in [-0.2, -0.15) is 0 Å². The van der Waals surface area contributed by atoms with Gasteiger partial charge in [0.25, 0.3) is 0 Å². The van der Waals surface area contributed by atoms with Crippen LogP contribution >= 0.6 is 31.9 Å². The molecule has 1 aromatic rings. The van der Waals surface area contributed by atoms with Gasteiger partial charge in [0.15, 0.2) is 0 Å². The monoisotopic (exact) mass is 389 g/mol. The Bertz CT molecular complexity index is 359. The van der Waals surface area contributed by atoms with Crippen molar-refractivity contribution in [3.63, 3.8) is 0 Å². The van der Waals surface area contributed by atoms with E-state index >= 15 is 0 Å². The van der Waals surface area contributed by atoms with Crippen LogP contribution in [-0.4, -0.2) is 7.05 Å². The van der Waals surface area contributed by atoms with Gasteiger partial charge in [0, 0.05) is 15.0 Å². The molecule has 0 aliphatic heterocycles. The van der Waals surface area contributed by atoms with Crippen LogP contribution in [0.4, 0.5) is 0 Å². The Kier molecular flexibility index (Phi) is 8.27. The lowest BCUT2D eigenvalue weighted by Crippen LogP contribution is -2.20. The molecule has 2 unspecified atom stereocenters. The number of halogens is 2. The molecule has 0 aliphatic rings. The molecule has 0 fully saturated rings.